The van der Waals surface area contributed by atoms with Crippen LogP contribution in [0.15, 0.2) is 29.3 Å². The Labute approximate surface area is 168 Å². The second-order valence-electron chi connectivity index (χ2n) is 7.09. The zero-order valence-electron chi connectivity index (χ0n) is 16.7. The molecular formula is C20H32ClN5O. The van der Waals surface area contributed by atoms with Gasteiger partial charge in [-0.3, -0.25) is 14.7 Å². The fourth-order valence-corrected chi connectivity index (χ4v) is 3.61. The van der Waals surface area contributed by atoms with Gasteiger partial charge in [-0.05, 0) is 49.9 Å². The summed E-state index contributed by atoms with van der Waals surface area (Å²) in [6, 6.07) is 7.97. The zero-order valence-corrected chi connectivity index (χ0v) is 17.4. The molecule has 0 saturated carbocycles. The normalized spacial score (nSPS) is 17.8. The van der Waals surface area contributed by atoms with Crippen LogP contribution in [0, 0.1) is 0 Å². The minimum Gasteiger partial charge on any atom is -0.356 e. The van der Waals surface area contributed by atoms with Gasteiger partial charge in [0.25, 0.3) is 0 Å². The maximum absolute atomic E-state index is 12.2. The highest BCUT2D eigenvalue weighted by Gasteiger charge is 2.30. The van der Waals surface area contributed by atoms with E-state index >= 15 is 0 Å². The quantitative estimate of drug-likeness (QED) is 0.403. The average molecular weight is 394 g/mol. The molecule has 0 aromatic heterocycles. The van der Waals surface area contributed by atoms with Crippen molar-refractivity contribution < 1.29 is 4.79 Å². The molecule has 2 rings (SSSR count). The molecule has 7 heteroatoms. The van der Waals surface area contributed by atoms with Crippen LogP contribution in [-0.4, -0.2) is 75.0 Å². The van der Waals surface area contributed by atoms with Crippen molar-refractivity contribution in [2.45, 2.75) is 31.7 Å². The first-order valence-electron chi connectivity index (χ1n) is 9.65. The molecule has 2 N–H and O–H groups in total. The Morgan fingerprint density at radius 3 is 2.81 bits per heavy atom. The number of hydrogen-bond donors (Lipinski definition) is 2. The minimum absolute atomic E-state index is 0.0511. The number of amides is 1. The number of likely N-dealkylation sites (N-methyl/N-ethyl adjacent to an activating group) is 1. The van der Waals surface area contributed by atoms with E-state index in [1.165, 1.54) is 5.56 Å². The monoisotopic (exact) mass is 393 g/mol. The summed E-state index contributed by atoms with van der Waals surface area (Å²) in [5.41, 5.74) is 1.20. The van der Waals surface area contributed by atoms with Crippen molar-refractivity contribution >= 4 is 23.5 Å². The summed E-state index contributed by atoms with van der Waals surface area (Å²) in [6.07, 6.45) is 3.94. The van der Waals surface area contributed by atoms with E-state index < -0.39 is 0 Å². The summed E-state index contributed by atoms with van der Waals surface area (Å²) in [5.74, 6) is 1.03. The summed E-state index contributed by atoms with van der Waals surface area (Å²) in [7, 11) is 5.44. The number of rotatable bonds is 8. The minimum atomic E-state index is 0.0511. The summed E-state index contributed by atoms with van der Waals surface area (Å²) in [6.45, 7) is 3.56. The Balaban J connectivity index is 1.65. The van der Waals surface area contributed by atoms with E-state index in [1.807, 2.05) is 32.3 Å². The number of nitrogens with zero attached hydrogens (tertiary/aromatic N) is 3. The smallest absolute Gasteiger partial charge is 0.239 e. The lowest BCUT2D eigenvalue weighted by molar-refractivity contribution is -0.133. The van der Waals surface area contributed by atoms with Crippen LogP contribution in [0.1, 0.15) is 24.8 Å². The van der Waals surface area contributed by atoms with Crippen LogP contribution in [0.25, 0.3) is 0 Å². The Hall–Kier alpha value is -1.79. The topological polar surface area (TPSA) is 60.0 Å². The highest BCUT2D eigenvalue weighted by atomic mass is 35.5. The van der Waals surface area contributed by atoms with Crippen molar-refractivity contribution in [3.05, 3.63) is 34.9 Å². The Morgan fingerprint density at radius 1 is 1.33 bits per heavy atom. The lowest BCUT2D eigenvalue weighted by Crippen LogP contribution is -2.44. The Kier molecular flexibility index (Phi) is 8.88. The van der Waals surface area contributed by atoms with E-state index in [4.69, 9.17) is 11.6 Å². The van der Waals surface area contributed by atoms with Gasteiger partial charge in [0.05, 0.1) is 6.04 Å². The summed E-state index contributed by atoms with van der Waals surface area (Å²) >= 11 is 6.01. The van der Waals surface area contributed by atoms with Gasteiger partial charge in [0.1, 0.15) is 0 Å². The largest absolute Gasteiger partial charge is 0.356 e. The fraction of sp³-hybridized carbons (Fsp3) is 0.600. The number of guanidine groups is 1. The molecule has 0 aliphatic carbocycles. The molecule has 1 aliphatic rings. The maximum Gasteiger partial charge on any atom is 0.239 e. The van der Waals surface area contributed by atoms with Crippen molar-refractivity contribution in [2.75, 3.05) is 47.3 Å². The number of hydrogen-bond acceptors (Lipinski definition) is 3. The summed E-state index contributed by atoms with van der Waals surface area (Å²) in [5, 5.41) is 7.44. The van der Waals surface area contributed by atoms with Gasteiger partial charge in [-0.2, -0.15) is 0 Å². The van der Waals surface area contributed by atoms with Crippen LogP contribution < -0.4 is 10.6 Å². The first kappa shape index (κ1) is 21.5. The third-order valence-corrected chi connectivity index (χ3v) is 5.06. The van der Waals surface area contributed by atoms with Crippen LogP contribution in [-0.2, 0) is 11.2 Å². The third kappa shape index (κ3) is 7.03. The van der Waals surface area contributed by atoms with E-state index in [1.54, 1.807) is 11.9 Å². The number of carbonyl (C=O) groups is 1. The zero-order chi connectivity index (χ0) is 19.6. The second-order valence-corrected chi connectivity index (χ2v) is 7.52. The first-order valence-corrected chi connectivity index (χ1v) is 10.0. The second kappa shape index (κ2) is 11.1. The molecule has 1 aliphatic heterocycles. The van der Waals surface area contributed by atoms with Crippen LogP contribution in [0.2, 0.25) is 5.02 Å². The molecule has 1 saturated heterocycles. The van der Waals surface area contributed by atoms with Gasteiger partial charge in [-0.1, -0.05) is 23.7 Å². The van der Waals surface area contributed by atoms with Crippen LogP contribution >= 0.6 is 11.6 Å². The number of carbonyl (C=O) groups excluding carboxylic acids is 1. The molecule has 1 fully saturated rings. The molecule has 150 valence electrons. The maximum atomic E-state index is 12.2. The van der Waals surface area contributed by atoms with Crippen LogP contribution in [0.5, 0.6) is 0 Å². The first-order chi connectivity index (χ1) is 13.0. The molecule has 1 amide bonds. The van der Waals surface area contributed by atoms with Gasteiger partial charge in [-0.25, -0.2) is 0 Å². The van der Waals surface area contributed by atoms with Gasteiger partial charge in [0, 0.05) is 45.8 Å². The van der Waals surface area contributed by atoms with E-state index in [0.717, 1.165) is 62.8 Å². The van der Waals surface area contributed by atoms with Gasteiger partial charge in [-0.15, -0.1) is 0 Å². The van der Waals surface area contributed by atoms with Crippen molar-refractivity contribution in [1.82, 2.24) is 20.4 Å². The lowest BCUT2D eigenvalue weighted by Gasteiger charge is -2.26. The molecule has 1 aromatic carbocycles. The van der Waals surface area contributed by atoms with Gasteiger partial charge in [0.15, 0.2) is 5.96 Å². The predicted molar refractivity (Wildman–Crippen MR) is 112 cm³/mol. The van der Waals surface area contributed by atoms with Gasteiger partial charge < -0.3 is 15.5 Å². The molecule has 1 atom stereocenters. The molecule has 0 spiro atoms. The van der Waals surface area contributed by atoms with Crippen molar-refractivity contribution in [3.8, 4) is 0 Å². The van der Waals surface area contributed by atoms with E-state index in [2.05, 4.69) is 26.6 Å². The summed E-state index contributed by atoms with van der Waals surface area (Å²) < 4.78 is 0. The predicted octanol–water partition coefficient (Wildman–Crippen LogP) is 1.99. The highest BCUT2D eigenvalue weighted by molar-refractivity contribution is 6.30. The average Bonchev–Trinajstić information content (AvgIpc) is 3.11. The molecular weight excluding hydrogens is 362 g/mol. The SMILES string of the molecule is CN=C(NCCCN1CCCC1C(=O)N(C)C)NCCc1cccc(Cl)c1. The number of halogens is 1. The lowest BCUT2D eigenvalue weighted by atomic mass is 10.1. The van der Waals surface area contributed by atoms with Gasteiger partial charge >= 0.3 is 0 Å². The fourth-order valence-electron chi connectivity index (χ4n) is 3.40. The number of benzene rings is 1. The highest BCUT2D eigenvalue weighted by Crippen LogP contribution is 2.18. The van der Waals surface area contributed by atoms with Crippen molar-refractivity contribution in [1.29, 1.82) is 0 Å². The van der Waals surface area contributed by atoms with Crippen LogP contribution in [0.3, 0.4) is 0 Å². The van der Waals surface area contributed by atoms with Crippen molar-refractivity contribution in [3.63, 3.8) is 0 Å². The molecule has 0 radical (unpaired) electrons. The molecule has 1 unspecified atom stereocenters. The molecule has 1 aromatic rings. The number of likely N-dealkylation sites (tertiary alicyclic amines) is 1. The molecule has 27 heavy (non-hydrogen) atoms. The van der Waals surface area contributed by atoms with E-state index in [-0.39, 0.29) is 11.9 Å². The van der Waals surface area contributed by atoms with Crippen molar-refractivity contribution in [2.24, 2.45) is 4.99 Å². The summed E-state index contributed by atoms with van der Waals surface area (Å²) in [4.78, 5) is 20.5. The molecule has 6 nitrogen and oxygen atoms in total. The molecule has 1 heterocycles. The number of nitrogens with one attached hydrogen (secondary N) is 2. The standard InChI is InChI=1S/C20H32ClN5O/c1-22-20(24-12-10-16-7-4-8-17(21)15-16)23-11-6-14-26-13-5-9-18(26)19(27)25(2)3/h4,7-8,15,18H,5-6,9-14H2,1-3H3,(H2,22,23,24). The third-order valence-electron chi connectivity index (χ3n) is 4.82. The Morgan fingerprint density at radius 2 is 2.11 bits per heavy atom. The Bertz CT molecular complexity index is 635. The number of aliphatic imine (C=N–C) groups is 1. The van der Waals surface area contributed by atoms with Gasteiger partial charge in [0.2, 0.25) is 5.91 Å². The van der Waals surface area contributed by atoms with E-state index in [0.29, 0.717) is 0 Å². The molecule has 0 bridgehead atoms. The van der Waals surface area contributed by atoms with Crippen LogP contribution in [0.4, 0.5) is 0 Å². The van der Waals surface area contributed by atoms with E-state index in [9.17, 15) is 4.79 Å².